The normalized spacial score (nSPS) is 37.1. The van der Waals surface area contributed by atoms with Gasteiger partial charge in [0, 0.05) is 41.9 Å². The molecule has 3 aliphatic carbocycles. The Hall–Kier alpha value is -2.21. The molecule has 6 nitrogen and oxygen atoms in total. The molecule has 0 spiro atoms. The minimum atomic E-state index is -0.704. The van der Waals surface area contributed by atoms with Gasteiger partial charge in [0.25, 0.3) is 0 Å². The van der Waals surface area contributed by atoms with Crippen LogP contribution in [0.25, 0.3) is 0 Å². The number of ketones is 2. The Labute approximate surface area is 156 Å². The first kappa shape index (κ1) is 16.9. The molecule has 1 aromatic heterocycles. The molecule has 0 aromatic carbocycles. The van der Waals surface area contributed by atoms with Crippen molar-refractivity contribution >= 4 is 17.5 Å². The van der Waals surface area contributed by atoms with Gasteiger partial charge in [-0.15, -0.1) is 0 Å². The van der Waals surface area contributed by atoms with Crippen LogP contribution in [-0.2, 0) is 14.9 Å². The molecule has 142 valence electrons. The van der Waals surface area contributed by atoms with Crippen molar-refractivity contribution in [2.45, 2.75) is 57.5 Å². The van der Waals surface area contributed by atoms with E-state index < -0.39 is 22.9 Å². The summed E-state index contributed by atoms with van der Waals surface area (Å²) in [5.41, 5.74) is 1.35. The van der Waals surface area contributed by atoms with E-state index in [-0.39, 0.29) is 36.3 Å². The van der Waals surface area contributed by atoms with Crippen molar-refractivity contribution in [2.75, 3.05) is 6.61 Å². The third kappa shape index (κ3) is 1.82. The number of aliphatic hydroxyl groups excluding tert-OH is 1. The summed E-state index contributed by atoms with van der Waals surface area (Å²) in [5, 5.41) is 9.55. The molecule has 0 radical (unpaired) electrons. The molecule has 4 atom stereocenters. The van der Waals surface area contributed by atoms with Gasteiger partial charge in [-0.3, -0.25) is 9.59 Å². The molecule has 5 rings (SSSR count). The first-order valence-corrected chi connectivity index (χ1v) is 9.59. The number of hydrogen-bond acceptors (Lipinski definition) is 6. The highest BCUT2D eigenvalue weighted by Gasteiger charge is 2.61. The highest BCUT2D eigenvalue weighted by Crippen LogP contribution is 2.60. The molecule has 1 aromatic rings. The van der Waals surface area contributed by atoms with Crippen molar-refractivity contribution in [1.29, 1.82) is 0 Å². The van der Waals surface area contributed by atoms with Crippen molar-refractivity contribution < 1.29 is 28.6 Å². The van der Waals surface area contributed by atoms with Crippen molar-refractivity contribution in [1.82, 2.24) is 0 Å². The van der Waals surface area contributed by atoms with Crippen LogP contribution in [-0.4, -0.2) is 35.4 Å². The van der Waals surface area contributed by atoms with E-state index in [1.165, 1.54) is 6.26 Å². The van der Waals surface area contributed by atoms with Crippen molar-refractivity contribution in [3.8, 4) is 0 Å². The Morgan fingerprint density at radius 2 is 2.00 bits per heavy atom. The van der Waals surface area contributed by atoms with Gasteiger partial charge in [-0.1, -0.05) is 6.92 Å². The summed E-state index contributed by atoms with van der Waals surface area (Å²) >= 11 is 0. The molecular formula is C21H22O6. The number of ether oxygens (including phenoxy) is 1. The third-order valence-electron chi connectivity index (χ3n) is 7.53. The van der Waals surface area contributed by atoms with Gasteiger partial charge in [-0.25, -0.2) is 4.79 Å². The Kier molecular flexibility index (Phi) is 3.25. The Bertz CT molecular complexity index is 936. The maximum Gasteiger partial charge on any atom is 0.342 e. The lowest BCUT2D eigenvalue weighted by Crippen LogP contribution is -2.52. The molecule has 1 fully saturated rings. The monoisotopic (exact) mass is 370 g/mol. The van der Waals surface area contributed by atoms with Crippen LogP contribution >= 0.6 is 0 Å². The smallest absolute Gasteiger partial charge is 0.342 e. The minimum absolute atomic E-state index is 0.118. The highest BCUT2D eigenvalue weighted by molar-refractivity contribution is 6.14. The van der Waals surface area contributed by atoms with E-state index in [0.29, 0.717) is 42.4 Å². The molecule has 1 N–H and O–H groups in total. The Balaban J connectivity index is 1.78. The Morgan fingerprint density at radius 3 is 2.74 bits per heavy atom. The number of hydrogen-bond donors (Lipinski definition) is 1. The zero-order valence-electron chi connectivity index (χ0n) is 15.5. The molecule has 27 heavy (non-hydrogen) atoms. The standard InChI is InChI=1S/C21H22O6/c1-20-7-5-12-15(11(20)3-4-13(20)23)17(24)18-16-10(9-26-18)19(25)27-14(6-8-22)21(12,16)2/h9,11,14,22H,3-8H2,1-2H3/t11?,14-,20+,21+/m1/s1. The number of aliphatic hydroxyl groups is 1. The summed E-state index contributed by atoms with van der Waals surface area (Å²) < 4.78 is 11.3. The van der Waals surface area contributed by atoms with E-state index in [0.717, 1.165) is 5.57 Å². The van der Waals surface area contributed by atoms with Crippen LogP contribution in [0.1, 0.15) is 72.4 Å². The number of carbonyl (C=O) groups is 3. The lowest BCUT2D eigenvalue weighted by Gasteiger charge is -2.49. The summed E-state index contributed by atoms with van der Waals surface area (Å²) in [4.78, 5) is 38.4. The van der Waals surface area contributed by atoms with Gasteiger partial charge in [-0.05, 0) is 31.8 Å². The summed E-state index contributed by atoms with van der Waals surface area (Å²) in [7, 11) is 0. The van der Waals surface area contributed by atoms with Gasteiger partial charge in [0.05, 0.1) is 5.41 Å². The number of furan rings is 1. The predicted molar refractivity (Wildman–Crippen MR) is 93.4 cm³/mol. The molecule has 1 saturated carbocycles. The second-order valence-electron chi connectivity index (χ2n) is 8.62. The van der Waals surface area contributed by atoms with Crippen LogP contribution < -0.4 is 0 Å². The minimum Gasteiger partial charge on any atom is -0.460 e. The quantitative estimate of drug-likeness (QED) is 0.805. The summed E-state index contributed by atoms with van der Waals surface area (Å²) in [5.74, 6) is -0.386. The van der Waals surface area contributed by atoms with E-state index in [1.807, 2.05) is 13.8 Å². The molecular weight excluding hydrogens is 348 g/mol. The average Bonchev–Trinajstić information content (AvgIpc) is 3.21. The van der Waals surface area contributed by atoms with Gasteiger partial charge in [0.2, 0.25) is 5.78 Å². The summed E-state index contributed by atoms with van der Waals surface area (Å²) in [6.07, 6.45) is 3.52. The lowest BCUT2D eigenvalue weighted by molar-refractivity contribution is -0.126. The zero-order chi connectivity index (χ0) is 19.1. The number of Topliss-reactive ketones (excluding diaryl/α,β-unsaturated/α-hetero) is 2. The SMILES string of the molecule is C[C@]12CCC3=C(C(=O)c4occ5c4[C@]3(C)[C@@H](CCO)OC5=O)C1CCC2=O. The van der Waals surface area contributed by atoms with Crippen LogP contribution in [0.3, 0.4) is 0 Å². The molecule has 1 unspecified atom stereocenters. The summed E-state index contributed by atoms with van der Waals surface area (Å²) in [6, 6.07) is 0. The number of allylic oxidation sites excluding steroid dienone is 1. The van der Waals surface area contributed by atoms with E-state index >= 15 is 0 Å². The van der Waals surface area contributed by atoms with Crippen LogP contribution in [0.15, 0.2) is 21.8 Å². The third-order valence-corrected chi connectivity index (χ3v) is 7.53. The van der Waals surface area contributed by atoms with E-state index in [4.69, 9.17) is 9.15 Å². The van der Waals surface area contributed by atoms with Crippen LogP contribution in [0, 0.1) is 11.3 Å². The largest absolute Gasteiger partial charge is 0.460 e. The van der Waals surface area contributed by atoms with Crippen LogP contribution in [0.5, 0.6) is 0 Å². The van der Waals surface area contributed by atoms with Crippen LogP contribution in [0.2, 0.25) is 0 Å². The number of carbonyl (C=O) groups excluding carboxylic acids is 3. The highest BCUT2D eigenvalue weighted by atomic mass is 16.5. The molecule has 1 aliphatic heterocycles. The van der Waals surface area contributed by atoms with Gasteiger partial charge < -0.3 is 14.3 Å². The van der Waals surface area contributed by atoms with Crippen molar-refractivity contribution in [3.63, 3.8) is 0 Å². The van der Waals surface area contributed by atoms with E-state index in [1.54, 1.807) is 0 Å². The molecule has 4 aliphatic rings. The first-order chi connectivity index (χ1) is 12.8. The van der Waals surface area contributed by atoms with E-state index in [2.05, 4.69) is 0 Å². The van der Waals surface area contributed by atoms with Crippen LogP contribution in [0.4, 0.5) is 0 Å². The fourth-order valence-corrected chi connectivity index (χ4v) is 6.01. The van der Waals surface area contributed by atoms with E-state index in [9.17, 15) is 19.5 Å². The summed E-state index contributed by atoms with van der Waals surface area (Å²) in [6.45, 7) is 3.84. The Morgan fingerprint density at radius 1 is 1.22 bits per heavy atom. The maximum atomic E-state index is 13.4. The molecule has 0 amide bonds. The molecule has 2 heterocycles. The second-order valence-corrected chi connectivity index (χ2v) is 8.62. The predicted octanol–water partition coefficient (Wildman–Crippen LogP) is 2.73. The fourth-order valence-electron chi connectivity index (χ4n) is 6.01. The average molecular weight is 370 g/mol. The van der Waals surface area contributed by atoms with Crippen molar-refractivity contribution in [2.24, 2.45) is 11.3 Å². The molecule has 0 bridgehead atoms. The number of cyclic esters (lactones) is 1. The molecule has 0 saturated heterocycles. The number of rotatable bonds is 2. The van der Waals surface area contributed by atoms with Gasteiger partial charge in [0.15, 0.2) is 5.76 Å². The lowest BCUT2D eigenvalue weighted by atomic mass is 9.55. The topological polar surface area (TPSA) is 93.8 Å². The second kappa shape index (κ2) is 5.19. The fraction of sp³-hybridized carbons (Fsp3) is 0.571. The first-order valence-electron chi connectivity index (χ1n) is 9.59. The number of fused-ring (bicyclic) bond motifs is 3. The van der Waals surface area contributed by atoms with Gasteiger partial charge in [-0.2, -0.15) is 0 Å². The zero-order valence-corrected chi connectivity index (χ0v) is 15.5. The number of esters is 1. The molecule has 6 heteroatoms. The van der Waals surface area contributed by atoms with Gasteiger partial charge >= 0.3 is 5.97 Å². The van der Waals surface area contributed by atoms with Gasteiger partial charge in [0.1, 0.15) is 23.7 Å². The maximum absolute atomic E-state index is 13.4. The van der Waals surface area contributed by atoms with Crippen molar-refractivity contribution in [3.05, 3.63) is 34.3 Å².